The molecule has 0 aliphatic heterocycles. The smallest absolute Gasteiger partial charge is 0.255 e. The van der Waals surface area contributed by atoms with Gasteiger partial charge < -0.3 is 14.5 Å². The molecule has 0 spiro atoms. The molecule has 0 radical (unpaired) electrons. The van der Waals surface area contributed by atoms with E-state index >= 15 is 0 Å². The topological polar surface area (TPSA) is 64.4 Å². The fraction of sp³-hybridized carbons (Fsp3) is 0.0476. The molecule has 3 aromatic carbocycles. The molecule has 1 amide bonds. The minimum Gasteiger partial charge on any atom is -0.496 e. The van der Waals surface area contributed by atoms with Gasteiger partial charge in [-0.25, -0.2) is 4.98 Å². The van der Waals surface area contributed by atoms with Gasteiger partial charge in [-0.15, -0.1) is 0 Å². The lowest BCUT2D eigenvalue weighted by Gasteiger charge is -2.07. The lowest BCUT2D eigenvalue weighted by Crippen LogP contribution is -2.11. The molecule has 1 N–H and O–H groups in total. The zero-order valence-electron chi connectivity index (χ0n) is 14.7. The van der Waals surface area contributed by atoms with Crippen LogP contribution >= 0.6 is 31.9 Å². The minimum absolute atomic E-state index is 0.224. The number of nitrogens with zero attached hydrogens (tertiary/aromatic N) is 1. The van der Waals surface area contributed by atoms with Crippen LogP contribution in [0.2, 0.25) is 0 Å². The molecule has 0 saturated carbocycles. The Kier molecular flexibility index (Phi) is 5.19. The molecule has 4 aromatic rings. The Morgan fingerprint density at radius 1 is 1.07 bits per heavy atom. The monoisotopic (exact) mass is 500 g/mol. The van der Waals surface area contributed by atoms with Gasteiger partial charge in [-0.05, 0) is 70.5 Å². The summed E-state index contributed by atoms with van der Waals surface area (Å²) in [6.45, 7) is 0. The molecule has 7 heteroatoms. The lowest BCUT2D eigenvalue weighted by molar-refractivity contribution is 0.102. The minimum atomic E-state index is -0.224. The third-order valence-corrected chi connectivity index (χ3v) is 5.24. The number of halogens is 2. The van der Waals surface area contributed by atoms with Gasteiger partial charge >= 0.3 is 0 Å². The first-order valence-electron chi connectivity index (χ1n) is 8.35. The zero-order valence-corrected chi connectivity index (χ0v) is 17.9. The molecule has 0 aliphatic carbocycles. The second-order valence-corrected chi connectivity index (χ2v) is 7.79. The summed E-state index contributed by atoms with van der Waals surface area (Å²) in [5.41, 5.74) is 3.35. The van der Waals surface area contributed by atoms with Crippen molar-refractivity contribution in [3.63, 3.8) is 0 Å². The molecular formula is C21H14Br2N2O3. The molecule has 140 valence electrons. The number of ether oxygens (including phenoxy) is 1. The molecule has 0 unspecified atom stereocenters. The fourth-order valence-corrected chi connectivity index (χ4v) is 3.70. The molecule has 0 atom stereocenters. The number of rotatable bonds is 4. The molecule has 0 fully saturated rings. The van der Waals surface area contributed by atoms with E-state index in [0.717, 1.165) is 10.0 Å². The maximum atomic E-state index is 12.5. The average Bonchev–Trinajstić information content (AvgIpc) is 3.11. The normalized spacial score (nSPS) is 10.8. The predicted octanol–water partition coefficient (Wildman–Crippen LogP) is 6.28. The molecular weight excluding hydrogens is 488 g/mol. The Labute approximate surface area is 178 Å². The van der Waals surface area contributed by atoms with E-state index in [1.807, 2.05) is 24.3 Å². The fourth-order valence-electron chi connectivity index (χ4n) is 2.76. The van der Waals surface area contributed by atoms with Crippen LogP contribution in [0.15, 0.2) is 74.0 Å². The standard InChI is InChI=1S/C21H14Br2N2O3/c1-27-18-7-5-12(10-16(18)23)20(26)24-15-6-8-19-17(11-15)25-21(28-19)13-3-2-4-14(22)9-13/h2-11H,1H3,(H,24,26). The van der Waals surface area contributed by atoms with Gasteiger partial charge in [0.2, 0.25) is 5.89 Å². The zero-order chi connectivity index (χ0) is 19.7. The SMILES string of the molecule is COc1ccc(C(=O)Nc2ccc3oc(-c4cccc(Br)c4)nc3c2)cc1Br. The van der Waals surface area contributed by atoms with E-state index in [1.54, 1.807) is 43.5 Å². The highest BCUT2D eigenvalue weighted by Gasteiger charge is 2.12. The highest BCUT2D eigenvalue weighted by atomic mass is 79.9. The predicted molar refractivity (Wildman–Crippen MR) is 116 cm³/mol. The Morgan fingerprint density at radius 3 is 2.68 bits per heavy atom. The van der Waals surface area contributed by atoms with E-state index in [0.29, 0.717) is 38.5 Å². The van der Waals surface area contributed by atoms with Gasteiger partial charge in [-0.2, -0.15) is 0 Å². The van der Waals surface area contributed by atoms with E-state index in [1.165, 1.54) is 0 Å². The molecule has 28 heavy (non-hydrogen) atoms. The number of aromatic nitrogens is 1. The second-order valence-electron chi connectivity index (χ2n) is 6.02. The van der Waals surface area contributed by atoms with Crippen molar-refractivity contribution >= 4 is 54.6 Å². The van der Waals surface area contributed by atoms with Gasteiger partial charge in [0.15, 0.2) is 5.58 Å². The number of carbonyl (C=O) groups is 1. The van der Waals surface area contributed by atoms with Crippen molar-refractivity contribution in [1.82, 2.24) is 4.98 Å². The van der Waals surface area contributed by atoms with Crippen LogP contribution in [-0.4, -0.2) is 18.0 Å². The van der Waals surface area contributed by atoms with Crippen LogP contribution in [0.25, 0.3) is 22.6 Å². The summed E-state index contributed by atoms with van der Waals surface area (Å²) in [5.74, 6) is 0.970. The maximum Gasteiger partial charge on any atom is 0.255 e. The second kappa shape index (κ2) is 7.77. The Balaban J connectivity index is 1.59. The number of amides is 1. The molecule has 0 bridgehead atoms. The number of oxazole rings is 1. The molecule has 1 aromatic heterocycles. The average molecular weight is 502 g/mol. The van der Waals surface area contributed by atoms with Crippen molar-refractivity contribution in [3.8, 4) is 17.2 Å². The van der Waals surface area contributed by atoms with Crippen molar-refractivity contribution in [2.45, 2.75) is 0 Å². The van der Waals surface area contributed by atoms with Gasteiger partial charge in [0, 0.05) is 21.3 Å². The van der Waals surface area contributed by atoms with Crippen molar-refractivity contribution in [2.24, 2.45) is 0 Å². The van der Waals surface area contributed by atoms with Crippen molar-refractivity contribution in [2.75, 3.05) is 12.4 Å². The van der Waals surface area contributed by atoms with Gasteiger partial charge in [0.25, 0.3) is 5.91 Å². The Bertz CT molecular complexity index is 1190. The van der Waals surface area contributed by atoms with Gasteiger partial charge in [0.05, 0.1) is 11.6 Å². The first-order chi connectivity index (χ1) is 13.5. The number of carbonyl (C=O) groups excluding carboxylic acids is 1. The highest BCUT2D eigenvalue weighted by Crippen LogP contribution is 2.29. The van der Waals surface area contributed by atoms with Gasteiger partial charge in [-0.1, -0.05) is 22.0 Å². The number of hydrogen-bond donors (Lipinski definition) is 1. The summed E-state index contributed by atoms with van der Waals surface area (Å²) in [7, 11) is 1.58. The summed E-state index contributed by atoms with van der Waals surface area (Å²) < 4.78 is 12.7. The number of methoxy groups -OCH3 is 1. The van der Waals surface area contributed by atoms with E-state index in [4.69, 9.17) is 9.15 Å². The summed E-state index contributed by atoms with van der Waals surface area (Å²) in [6.07, 6.45) is 0. The van der Waals surface area contributed by atoms with Crippen LogP contribution in [0.3, 0.4) is 0 Å². The summed E-state index contributed by atoms with van der Waals surface area (Å²) in [5, 5.41) is 2.88. The lowest BCUT2D eigenvalue weighted by atomic mass is 10.2. The molecule has 4 rings (SSSR count). The van der Waals surface area contributed by atoms with Crippen molar-refractivity contribution in [3.05, 3.63) is 75.2 Å². The van der Waals surface area contributed by atoms with Gasteiger partial charge in [-0.3, -0.25) is 4.79 Å². The van der Waals surface area contributed by atoms with E-state index in [-0.39, 0.29) is 5.91 Å². The third-order valence-electron chi connectivity index (χ3n) is 4.13. The molecule has 0 saturated heterocycles. The van der Waals surface area contributed by atoms with E-state index in [9.17, 15) is 4.79 Å². The van der Waals surface area contributed by atoms with Crippen LogP contribution in [0.4, 0.5) is 5.69 Å². The van der Waals surface area contributed by atoms with Crippen molar-refractivity contribution in [1.29, 1.82) is 0 Å². The number of nitrogens with one attached hydrogen (secondary N) is 1. The first-order valence-corrected chi connectivity index (χ1v) is 9.93. The number of anilines is 1. The third kappa shape index (κ3) is 3.81. The Morgan fingerprint density at radius 2 is 1.93 bits per heavy atom. The van der Waals surface area contributed by atoms with Crippen molar-refractivity contribution < 1.29 is 13.9 Å². The van der Waals surface area contributed by atoms with Gasteiger partial charge in [0.1, 0.15) is 11.3 Å². The van der Waals surface area contributed by atoms with E-state index < -0.39 is 0 Å². The quantitative estimate of drug-likeness (QED) is 0.357. The largest absolute Gasteiger partial charge is 0.496 e. The number of hydrogen-bond acceptors (Lipinski definition) is 4. The first kappa shape index (κ1) is 18.7. The molecule has 1 heterocycles. The summed E-state index contributed by atoms with van der Waals surface area (Å²) >= 11 is 6.84. The Hall–Kier alpha value is -2.64. The molecule has 0 aliphatic rings. The van der Waals surface area contributed by atoms with E-state index in [2.05, 4.69) is 42.2 Å². The maximum absolute atomic E-state index is 12.5. The molecule has 5 nitrogen and oxygen atoms in total. The summed E-state index contributed by atoms with van der Waals surface area (Å²) in [4.78, 5) is 17.1. The van der Waals surface area contributed by atoms with Crippen LogP contribution in [0, 0.1) is 0 Å². The summed E-state index contributed by atoms with van der Waals surface area (Å²) in [6, 6.07) is 18.3. The van der Waals surface area contributed by atoms with Crippen LogP contribution in [-0.2, 0) is 0 Å². The highest BCUT2D eigenvalue weighted by molar-refractivity contribution is 9.10. The number of fused-ring (bicyclic) bond motifs is 1. The van der Waals surface area contributed by atoms with Crippen LogP contribution < -0.4 is 10.1 Å². The van der Waals surface area contributed by atoms with Crippen LogP contribution in [0.5, 0.6) is 5.75 Å². The number of benzene rings is 3. The van der Waals surface area contributed by atoms with Crippen LogP contribution in [0.1, 0.15) is 10.4 Å².